The van der Waals surface area contributed by atoms with Gasteiger partial charge in [-0.3, -0.25) is 4.79 Å². The van der Waals surface area contributed by atoms with Crippen molar-refractivity contribution in [2.45, 2.75) is 64.8 Å². The highest BCUT2D eigenvalue weighted by Gasteiger charge is 2.68. The lowest BCUT2D eigenvalue weighted by atomic mass is 9.67. The Balaban J connectivity index is 1.88. The maximum atomic E-state index is 12.8. The minimum atomic E-state index is -0.522. The summed E-state index contributed by atoms with van der Waals surface area (Å²) in [6.45, 7) is 10.2. The number of Topliss-reactive ketones (excluding diaryl/α,β-unsaturated/α-hetero) is 1. The zero-order chi connectivity index (χ0) is 19.0. The number of carbonyl (C=O) groups excluding carboxylic acids is 1. The van der Waals surface area contributed by atoms with Crippen molar-refractivity contribution in [3.8, 4) is 17.2 Å². The number of hydrogen-bond acceptors (Lipinski definition) is 5. The second-order valence-electron chi connectivity index (χ2n) is 8.74. The Kier molecular flexibility index (Phi) is 3.82. The summed E-state index contributed by atoms with van der Waals surface area (Å²) in [5, 5.41) is 10.5. The van der Waals surface area contributed by atoms with Crippen molar-refractivity contribution >= 4 is 5.78 Å². The van der Waals surface area contributed by atoms with Gasteiger partial charge in [0.25, 0.3) is 0 Å². The molecule has 5 heteroatoms. The number of aromatic hydroxyl groups is 1. The monoisotopic (exact) mass is 360 g/mol. The zero-order valence-corrected chi connectivity index (χ0v) is 16.3. The summed E-state index contributed by atoms with van der Waals surface area (Å²) in [4.78, 5) is 12.8. The molecular weight excluding hydrogens is 332 g/mol. The van der Waals surface area contributed by atoms with Crippen LogP contribution in [-0.4, -0.2) is 35.8 Å². The second-order valence-corrected chi connectivity index (χ2v) is 8.74. The van der Waals surface area contributed by atoms with E-state index in [4.69, 9.17) is 14.2 Å². The van der Waals surface area contributed by atoms with Gasteiger partial charge in [-0.2, -0.15) is 0 Å². The van der Waals surface area contributed by atoms with E-state index < -0.39 is 5.60 Å². The van der Waals surface area contributed by atoms with Crippen LogP contribution in [0.5, 0.6) is 17.2 Å². The number of rotatable bonds is 4. The van der Waals surface area contributed by atoms with Gasteiger partial charge in [0.05, 0.1) is 13.2 Å². The molecule has 1 N–H and O–H groups in total. The van der Waals surface area contributed by atoms with E-state index in [0.717, 1.165) is 12.0 Å². The van der Waals surface area contributed by atoms with E-state index in [2.05, 4.69) is 20.8 Å². The van der Waals surface area contributed by atoms with Gasteiger partial charge in [0, 0.05) is 23.5 Å². The summed E-state index contributed by atoms with van der Waals surface area (Å²) in [5.74, 6) is 1.72. The van der Waals surface area contributed by atoms with Crippen LogP contribution in [0.2, 0.25) is 0 Å². The molecule has 0 amide bonds. The third-order valence-electron chi connectivity index (χ3n) is 6.49. The number of hydrogen-bond donors (Lipinski definition) is 1. The Hall–Kier alpha value is -1.75. The number of ether oxygens (including phenoxy) is 3. The van der Waals surface area contributed by atoms with Crippen molar-refractivity contribution in [3.05, 3.63) is 17.2 Å². The Bertz CT molecular complexity index is 768. The molecule has 2 aliphatic heterocycles. The second kappa shape index (κ2) is 5.62. The number of carbonyl (C=O) groups is 1. The fraction of sp³-hybridized carbons (Fsp3) is 0.667. The molecular formula is C21H28O5. The number of phenols is 1. The average Bonchev–Trinajstić information content (AvgIpc) is 3.31. The molecule has 1 aromatic rings. The Morgan fingerprint density at radius 1 is 1.35 bits per heavy atom. The van der Waals surface area contributed by atoms with Crippen LogP contribution in [0.4, 0.5) is 0 Å². The number of epoxide rings is 1. The predicted molar refractivity (Wildman–Crippen MR) is 97.2 cm³/mol. The van der Waals surface area contributed by atoms with Crippen LogP contribution in [0.3, 0.4) is 0 Å². The van der Waals surface area contributed by atoms with Gasteiger partial charge in [-0.05, 0) is 25.2 Å². The first kappa shape index (κ1) is 17.7. The SMILES string of the molecule is COc1cc(O)c(C(=O)C(C)C)c2c1[C@H]1C[C@H](C(C)C)[C@H]3O[C@H]3[C@@]1(C)O2. The Labute approximate surface area is 154 Å². The van der Waals surface area contributed by atoms with E-state index in [-0.39, 0.29) is 41.1 Å². The van der Waals surface area contributed by atoms with Crippen molar-refractivity contribution in [2.75, 3.05) is 7.11 Å². The smallest absolute Gasteiger partial charge is 0.172 e. The van der Waals surface area contributed by atoms with Crippen molar-refractivity contribution in [3.63, 3.8) is 0 Å². The maximum Gasteiger partial charge on any atom is 0.172 e. The average molecular weight is 360 g/mol. The summed E-state index contributed by atoms with van der Waals surface area (Å²) in [6.07, 6.45) is 1.17. The van der Waals surface area contributed by atoms with Gasteiger partial charge in [0.15, 0.2) is 5.78 Å². The molecule has 2 heterocycles. The largest absolute Gasteiger partial charge is 0.507 e. The first-order valence-corrected chi connectivity index (χ1v) is 9.53. The molecule has 3 aliphatic rings. The van der Waals surface area contributed by atoms with Gasteiger partial charge in [-0.25, -0.2) is 0 Å². The highest BCUT2D eigenvalue weighted by molar-refractivity contribution is 6.03. The Morgan fingerprint density at radius 3 is 2.62 bits per heavy atom. The Morgan fingerprint density at radius 2 is 2.04 bits per heavy atom. The van der Waals surface area contributed by atoms with E-state index in [9.17, 15) is 9.90 Å². The number of fused-ring (bicyclic) bond motifs is 5. The highest BCUT2D eigenvalue weighted by atomic mass is 16.6. The van der Waals surface area contributed by atoms with Crippen LogP contribution >= 0.6 is 0 Å². The third kappa shape index (κ3) is 2.22. The molecule has 1 aliphatic carbocycles. The molecule has 5 nitrogen and oxygen atoms in total. The van der Waals surface area contributed by atoms with Crippen LogP contribution in [0.25, 0.3) is 0 Å². The van der Waals surface area contributed by atoms with Gasteiger partial charge in [-0.1, -0.05) is 27.7 Å². The molecule has 0 bridgehead atoms. The molecule has 142 valence electrons. The summed E-state index contributed by atoms with van der Waals surface area (Å²) < 4.78 is 18.0. The lowest BCUT2D eigenvalue weighted by Crippen LogP contribution is -2.47. The summed E-state index contributed by atoms with van der Waals surface area (Å²) in [7, 11) is 1.59. The van der Waals surface area contributed by atoms with Gasteiger partial charge < -0.3 is 19.3 Å². The number of phenolic OH excluding ortho intramolecular Hbond substituents is 1. The van der Waals surface area contributed by atoms with Gasteiger partial charge in [0.2, 0.25) is 0 Å². The highest BCUT2D eigenvalue weighted by Crippen LogP contribution is 2.64. The minimum Gasteiger partial charge on any atom is -0.507 e. The molecule has 0 radical (unpaired) electrons. The molecule has 0 spiro atoms. The lowest BCUT2D eigenvalue weighted by molar-refractivity contribution is 0.0389. The van der Waals surface area contributed by atoms with Crippen LogP contribution in [0.15, 0.2) is 6.07 Å². The van der Waals surface area contributed by atoms with Crippen molar-refractivity contribution in [1.29, 1.82) is 0 Å². The molecule has 5 atom stereocenters. The first-order valence-electron chi connectivity index (χ1n) is 9.53. The first-order chi connectivity index (χ1) is 12.2. The van der Waals surface area contributed by atoms with E-state index in [1.165, 1.54) is 0 Å². The van der Waals surface area contributed by atoms with Crippen LogP contribution in [0, 0.1) is 17.8 Å². The molecule has 1 aromatic carbocycles. The van der Waals surface area contributed by atoms with Crippen LogP contribution in [-0.2, 0) is 4.74 Å². The fourth-order valence-electron chi connectivity index (χ4n) is 4.92. The number of ketones is 1. The number of methoxy groups -OCH3 is 1. The number of benzene rings is 1. The molecule has 4 rings (SSSR count). The molecule has 1 saturated heterocycles. The maximum absolute atomic E-state index is 12.8. The molecule has 0 unspecified atom stereocenters. The summed E-state index contributed by atoms with van der Waals surface area (Å²) in [6, 6.07) is 1.56. The van der Waals surface area contributed by atoms with Crippen molar-refractivity contribution in [1.82, 2.24) is 0 Å². The van der Waals surface area contributed by atoms with E-state index in [1.54, 1.807) is 13.2 Å². The van der Waals surface area contributed by atoms with Crippen molar-refractivity contribution < 1.29 is 24.1 Å². The summed E-state index contributed by atoms with van der Waals surface area (Å²) >= 11 is 0. The topological polar surface area (TPSA) is 68.3 Å². The summed E-state index contributed by atoms with van der Waals surface area (Å²) in [5.41, 5.74) is 0.673. The normalized spacial score (nSPS) is 34.2. The van der Waals surface area contributed by atoms with Gasteiger partial charge >= 0.3 is 0 Å². The van der Waals surface area contributed by atoms with Crippen LogP contribution in [0.1, 0.15) is 62.9 Å². The standard InChI is InChI=1S/C21H28O5/c1-9(2)11-7-12-15-14(24-6)8-13(22)16(17(23)10(3)4)19(15)26-21(12,5)20-18(11)25-20/h8-12,18,20,22H,7H2,1-6H3/t11-,12-,18-,20-,21+/m1/s1. The zero-order valence-electron chi connectivity index (χ0n) is 16.3. The molecule has 26 heavy (non-hydrogen) atoms. The third-order valence-corrected chi connectivity index (χ3v) is 6.49. The molecule has 2 fully saturated rings. The fourth-order valence-corrected chi connectivity index (χ4v) is 4.92. The van der Waals surface area contributed by atoms with Gasteiger partial charge in [0.1, 0.15) is 34.5 Å². The predicted octanol–water partition coefficient (Wildman–Crippen LogP) is 3.92. The molecule has 1 saturated carbocycles. The quantitative estimate of drug-likeness (QED) is 0.651. The van der Waals surface area contributed by atoms with E-state index in [1.807, 2.05) is 13.8 Å². The van der Waals surface area contributed by atoms with Crippen molar-refractivity contribution in [2.24, 2.45) is 17.8 Å². The van der Waals surface area contributed by atoms with Crippen LogP contribution < -0.4 is 9.47 Å². The van der Waals surface area contributed by atoms with E-state index in [0.29, 0.717) is 23.3 Å². The molecule has 0 aromatic heterocycles. The lowest BCUT2D eigenvalue weighted by Gasteiger charge is -2.37. The van der Waals surface area contributed by atoms with E-state index >= 15 is 0 Å². The minimum absolute atomic E-state index is 0.0231. The van der Waals surface area contributed by atoms with Gasteiger partial charge in [-0.15, -0.1) is 0 Å².